The van der Waals surface area contributed by atoms with Gasteiger partial charge in [-0.3, -0.25) is 4.99 Å². The van der Waals surface area contributed by atoms with Crippen molar-refractivity contribution in [2.24, 2.45) is 4.99 Å². The van der Waals surface area contributed by atoms with Gasteiger partial charge in [-0.15, -0.1) is 24.0 Å². The number of hydrogen-bond donors (Lipinski definition) is 3. The van der Waals surface area contributed by atoms with Crippen molar-refractivity contribution in [3.8, 4) is 0 Å². The summed E-state index contributed by atoms with van der Waals surface area (Å²) in [6.45, 7) is 5.57. The molecule has 6 heteroatoms. The average molecular weight is 549 g/mol. The Kier molecular flexibility index (Phi) is 8.96. The number of aliphatic imine (C=N–C) groups is 1. The average Bonchev–Trinajstić information content (AvgIpc) is 3.62. The minimum Gasteiger partial charge on any atom is -0.381 e. The molecule has 2 fully saturated rings. The molecular formula is C26H37IN4O. The summed E-state index contributed by atoms with van der Waals surface area (Å²) in [6, 6.07) is 21.8. The third-order valence-corrected chi connectivity index (χ3v) is 6.92. The van der Waals surface area contributed by atoms with E-state index in [0.29, 0.717) is 0 Å². The Morgan fingerprint density at radius 3 is 2.09 bits per heavy atom. The molecule has 3 N–H and O–H groups in total. The predicted molar refractivity (Wildman–Crippen MR) is 143 cm³/mol. The largest absolute Gasteiger partial charge is 0.381 e. The van der Waals surface area contributed by atoms with Gasteiger partial charge in [0.15, 0.2) is 5.96 Å². The molecule has 5 nitrogen and oxygen atoms in total. The number of hydrogen-bond acceptors (Lipinski definition) is 3. The van der Waals surface area contributed by atoms with Gasteiger partial charge < -0.3 is 20.7 Å². The van der Waals surface area contributed by atoms with E-state index in [2.05, 4.69) is 88.5 Å². The fourth-order valence-corrected chi connectivity index (χ4v) is 4.66. The van der Waals surface area contributed by atoms with Crippen LogP contribution < -0.4 is 16.0 Å². The first-order valence-electron chi connectivity index (χ1n) is 11.6. The second-order valence-corrected chi connectivity index (χ2v) is 9.10. The van der Waals surface area contributed by atoms with E-state index >= 15 is 0 Å². The van der Waals surface area contributed by atoms with E-state index in [-0.39, 0.29) is 41.0 Å². The van der Waals surface area contributed by atoms with Crippen LogP contribution >= 0.6 is 24.0 Å². The first kappa shape index (κ1) is 25.0. The quantitative estimate of drug-likeness (QED) is 0.260. The lowest BCUT2D eigenvalue weighted by Crippen LogP contribution is -2.58. The molecule has 2 aliphatic rings. The van der Waals surface area contributed by atoms with Crippen LogP contribution in [0.5, 0.6) is 0 Å². The molecule has 1 saturated heterocycles. The highest BCUT2D eigenvalue weighted by Crippen LogP contribution is 2.47. The van der Waals surface area contributed by atoms with Gasteiger partial charge in [-0.2, -0.15) is 0 Å². The molecule has 174 valence electrons. The fourth-order valence-electron chi connectivity index (χ4n) is 4.66. The number of ether oxygens (including phenoxy) is 1. The van der Waals surface area contributed by atoms with E-state index in [1.807, 2.05) is 7.05 Å². The summed E-state index contributed by atoms with van der Waals surface area (Å²) >= 11 is 0. The summed E-state index contributed by atoms with van der Waals surface area (Å²) in [5.74, 6) is 0.877. The van der Waals surface area contributed by atoms with Gasteiger partial charge in [0.2, 0.25) is 0 Å². The maximum atomic E-state index is 5.68. The maximum Gasteiger partial charge on any atom is 0.191 e. The van der Waals surface area contributed by atoms with Crippen LogP contribution in [0.4, 0.5) is 0 Å². The Bertz CT molecular complexity index is 849. The molecule has 1 aliphatic carbocycles. The summed E-state index contributed by atoms with van der Waals surface area (Å²) < 4.78 is 5.68. The van der Waals surface area contributed by atoms with Crippen LogP contribution in [-0.4, -0.2) is 44.8 Å². The zero-order chi connectivity index (χ0) is 21.6. The van der Waals surface area contributed by atoms with E-state index in [9.17, 15) is 0 Å². The van der Waals surface area contributed by atoms with Crippen LogP contribution in [0, 0.1) is 0 Å². The summed E-state index contributed by atoms with van der Waals surface area (Å²) in [7, 11) is 1.86. The minimum absolute atomic E-state index is 0. The number of rotatable bonds is 8. The van der Waals surface area contributed by atoms with Gasteiger partial charge in [0.1, 0.15) is 0 Å². The van der Waals surface area contributed by atoms with Crippen LogP contribution in [0.2, 0.25) is 0 Å². The Labute approximate surface area is 209 Å². The van der Waals surface area contributed by atoms with E-state index in [4.69, 9.17) is 4.74 Å². The number of nitrogens with one attached hydrogen (secondary N) is 3. The van der Waals surface area contributed by atoms with Crippen LogP contribution in [0.1, 0.15) is 49.8 Å². The molecule has 0 radical (unpaired) electrons. The minimum atomic E-state index is -0.0121. The molecule has 0 amide bonds. The fraction of sp³-hybridized carbons (Fsp3) is 0.500. The van der Waals surface area contributed by atoms with E-state index in [0.717, 1.165) is 45.1 Å². The molecular weight excluding hydrogens is 511 g/mol. The normalized spacial score (nSPS) is 20.0. The van der Waals surface area contributed by atoms with Gasteiger partial charge in [0, 0.05) is 50.3 Å². The van der Waals surface area contributed by atoms with Crippen molar-refractivity contribution in [1.29, 1.82) is 0 Å². The summed E-state index contributed by atoms with van der Waals surface area (Å²) in [5.41, 5.74) is 2.99. The van der Waals surface area contributed by atoms with Gasteiger partial charge in [-0.05, 0) is 43.7 Å². The Morgan fingerprint density at radius 2 is 1.50 bits per heavy atom. The molecule has 4 rings (SSSR count). The van der Waals surface area contributed by atoms with Crippen molar-refractivity contribution in [3.05, 3.63) is 71.8 Å². The number of guanidine groups is 1. The lowest BCUT2D eigenvalue weighted by Gasteiger charge is -2.41. The lowest BCUT2D eigenvalue weighted by atomic mass is 9.88. The molecule has 1 atom stereocenters. The second-order valence-electron chi connectivity index (χ2n) is 9.10. The molecule has 0 bridgehead atoms. The van der Waals surface area contributed by atoms with Gasteiger partial charge >= 0.3 is 0 Å². The van der Waals surface area contributed by atoms with Crippen molar-refractivity contribution >= 4 is 29.9 Å². The highest BCUT2D eigenvalue weighted by molar-refractivity contribution is 14.0. The third-order valence-electron chi connectivity index (χ3n) is 6.92. The Morgan fingerprint density at radius 1 is 0.906 bits per heavy atom. The molecule has 1 heterocycles. The standard InChI is InChI=1S/C26H36N4O.HI/c1-21(22-9-5-3-6-10-22)30-26(15-17-31-18-16-26)20-29-24(27-2)28-19-25(13-14-25)23-11-7-4-8-12-23;/h3-12,21,30H,13-20H2,1-2H3,(H2,27,28,29);1H. The molecule has 0 spiro atoms. The maximum absolute atomic E-state index is 5.68. The van der Waals surface area contributed by atoms with E-state index in [1.54, 1.807) is 0 Å². The lowest BCUT2D eigenvalue weighted by molar-refractivity contribution is 0.0355. The predicted octanol–water partition coefficient (Wildman–Crippen LogP) is 4.40. The number of benzene rings is 2. The highest BCUT2D eigenvalue weighted by Gasteiger charge is 2.44. The van der Waals surface area contributed by atoms with Crippen molar-refractivity contribution in [3.63, 3.8) is 0 Å². The van der Waals surface area contributed by atoms with Crippen LogP contribution in [0.25, 0.3) is 0 Å². The first-order valence-corrected chi connectivity index (χ1v) is 11.6. The second kappa shape index (κ2) is 11.5. The van der Waals surface area contributed by atoms with Crippen molar-refractivity contribution in [1.82, 2.24) is 16.0 Å². The summed E-state index contributed by atoms with van der Waals surface area (Å²) in [4.78, 5) is 4.50. The number of nitrogens with zero attached hydrogens (tertiary/aromatic N) is 1. The smallest absolute Gasteiger partial charge is 0.191 e. The molecule has 1 saturated carbocycles. The molecule has 32 heavy (non-hydrogen) atoms. The molecule has 0 aromatic heterocycles. The molecule has 2 aromatic rings. The first-order chi connectivity index (χ1) is 15.1. The van der Waals surface area contributed by atoms with Gasteiger partial charge in [-0.25, -0.2) is 0 Å². The molecule has 1 unspecified atom stereocenters. The third kappa shape index (κ3) is 6.23. The van der Waals surface area contributed by atoms with Crippen LogP contribution in [-0.2, 0) is 10.2 Å². The topological polar surface area (TPSA) is 57.7 Å². The SMILES string of the molecule is CN=C(NCC1(NC(C)c2ccccc2)CCOCC1)NCC1(c2ccccc2)CC1.I. The zero-order valence-electron chi connectivity index (χ0n) is 19.3. The van der Waals surface area contributed by atoms with Crippen molar-refractivity contribution in [2.75, 3.05) is 33.4 Å². The Hall–Kier alpha value is -1.64. The van der Waals surface area contributed by atoms with Crippen LogP contribution in [0.3, 0.4) is 0 Å². The van der Waals surface area contributed by atoms with Crippen molar-refractivity contribution in [2.45, 2.75) is 49.6 Å². The highest BCUT2D eigenvalue weighted by atomic mass is 127. The summed E-state index contributed by atoms with van der Waals surface area (Å²) in [5, 5.41) is 11.1. The van der Waals surface area contributed by atoms with Gasteiger partial charge in [0.05, 0.1) is 0 Å². The zero-order valence-corrected chi connectivity index (χ0v) is 21.6. The van der Waals surface area contributed by atoms with Crippen molar-refractivity contribution < 1.29 is 4.74 Å². The Balaban J connectivity index is 0.00000289. The van der Waals surface area contributed by atoms with Crippen LogP contribution in [0.15, 0.2) is 65.7 Å². The monoisotopic (exact) mass is 548 g/mol. The summed E-state index contributed by atoms with van der Waals surface area (Å²) in [6.07, 6.45) is 4.45. The molecule has 2 aromatic carbocycles. The van der Waals surface area contributed by atoms with E-state index in [1.165, 1.54) is 24.0 Å². The van der Waals surface area contributed by atoms with E-state index < -0.39 is 0 Å². The van der Waals surface area contributed by atoms with Gasteiger partial charge in [0.25, 0.3) is 0 Å². The molecule has 1 aliphatic heterocycles. The number of halogens is 1. The van der Waals surface area contributed by atoms with Gasteiger partial charge in [-0.1, -0.05) is 60.7 Å².